The molecule has 2 heteroatoms. The summed E-state index contributed by atoms with van der Waals surface area (Å²) in [5, 5.41) is 0. The summed E-state index contributed by atoms with van der Waals surface area (Å²) in [6.07, 6.45) is 24.3. The fraction of sp³-hybridized carbons (Fsp3) is 1.00. The van der Waals surface area contributed by atoms with E-state index >= 15 is 0 Å². The second-order valence-corrected chi connectivity index (χ2v) is 7.89. The zero-order valence-corrected chi connectivity index (χ0v) is 16.3. The predicted octanol–water partition coefficient (Wildman–Crippen LogP) is 6.13. The van der Waals surface area contributed by atoms with Crippen LogP contribution in [0.2, 0.25) is 6.04 Å². The monoisotopic (exact) mass is 314 g/mol. The van der Waals surface area contributed by atoms with Gasteiger partial charge in [-0.05, 0) is 6.04 Å². The van der Waals surface area contributed by atoms with Crippen molar-refractivity contribution in [2.75, 3.05) is 0 Å². The Morgan fingerprint density at radius 2 is 0.762 bits per heavy atom. The molecule has 0 fully saturated rings. The zero-order chi connectivity index (χ0) is 15.4. The molecule has 1 nitrogen and oxygen atoms in total. The fourth-order valence-electron chi connectivity index (χ4n) is 3.01. The van der Waals surface area contributed by atoms with Crippen LogP contribution < -0.4 is 0 Å². The fourth-order valence-corrected chi connectivity index (χ4v) is 3.59. The first-order chi connectivity index (χ1) is 10.4. The van der Waals surface area contributed by atoms with Crippen LogP contribution >= 0.6 is 0 Å². The average Bonchev–Trinajstić information content (AvgIpc) is 2.50. The van der Waals surface area contributed by atoms with E-state index in [1.54, 1.807) is 0 Å². The van der Waals surface area contributed by atoms with Gasteiger partial charge in [-0.3, -0.25) is 0 Å². The van der Waals surface area contributed by atoms with Crippen LogP contribution in [-0.4, -0.2) is 14.6 Å². The van der Waals surface area contributed by atoms with Crippen molar-refractivity contribution in [3.05, 3.63) is 0 Å². The third-order valence-electron chi connectivity index (χ3n) is 4.51. The van der Waals surface area contributed by atoms with E-state index in [0.717, 1.165) is 6.04 Å². The molecule has 0 aromatic rings. The summed E-state index contributed by atoms with van der Waals surface area (Å²) in [5.41, 5.74) is 0. The van der Waals surface area contributed by atoms with Gasteiger partial charge >= 0.3 is 0 Å². The Morgan fingerprint density at radius 3 is 1.05 bits per heavy atom. The van der Waals surface area contributed by atoms with E-state index in [9.17, 15) is 0 Å². The van der Waals surface area contributed by atoms with E-state index < -0.39 is 9.76 Å². The Kier molecular flexibility index (Phi) is 20.3. The zero-order valence-electron chi connectivity index (χ0n) is 14.9. The van der Waals surface area contributed by atoms with Crippen molar-refractivity contribution in [2.24, 2.45) is 0 Å². The molecule has 0 radical (unpaired) electrons. The van der Waals surface area contributed by atoms with Crippen LogP contribution in [0.15, 0.2) is 0 Å². The Labute approximate surface area is 137 Å². The SMILES string of the molecule is CCCCCCCCCCCCCCCCCCC[SiH2]O. The Balaban J connectivity index is 2.90. The number of rotatable bonds is 18. The molecule has 0 heterocycles. The molecule has 0 rings (SSSR count). The molecule has 0 unspecified atom stereocenters. The van der Waals surface area contributed by atoms with Crippen LogP contribution in [0.5, 0.6) is 0 Å². The van der Waals surface area contributed by atoms with Gasteiger partial charge in [0, 0.05) is 0 Å². The third-order valence-corrected chi connectivity index (χ3v) is 5.33. The summed E-state index contributed by atoms with van der Waals surface area (Å²) in [6.45, 7) is 2.29. The number of hydrogen-bond acceptors (Lipinski definition) is 1. The molecule has 0 aromatic heterocycles. The van der Waals surface area contributed by atoms with Gasteiger partial charge in [-0.2, -0.15) is 0 Å². The van der Waals surface area contributed by atoms with Crippen molar-refractivity contribution in [2.45, 2.75) is 122 Å². The number of unbranched alkanes of at least 4 members (excludes halogenated alkanes) is 16. The molecule has 0 aliphatic heterocycles. The largest absolute Gasteiger partial charge is 0.438 e. The van der Waals surface area contributed by atoms with Crippen LogP contribution in [0.4, 0.5) is 0 Å². The van der Waals surface area contributed by atoms with Gasteiger partial charge in [0.15, 0.2) is 9.76 Å². The van der Waals surface area contributed by atoms with Gasteiger partial charge in [0.25, 0.3) is 0 Å². The van der Waals surface area contributed by atoms with Crippen LogP contribution in [0.3, 0.4) is 0 Å². The molecule has 1 N–H and O–H groups in total. The van der Waals surface area contributed by atoms with Crippen molar-refractivity contribution in [1.82, 2.24) is 0 Å². The van der Waals surface area contributed by atoms with Crippen LogP contribution in [-0.2, 0) is 0 Å². The van der Waals surface area contributed by atoms with E-state index in [2.05, 4.69) is 6.92 Å². The third kappa shape index (κ3) is 20.2. The minimum atomic E-state index is -0.652. The Bertz CT molecular complexity index is 155. The lowest BCUT2D eigenvalue weighted by Crippen LogP contribution is -1.86. The molecular formula is C19H42OSi. The van der Waals surface area contributed by atoms with E-state index in [1.807, 2.05) is 0 Å². The van der Waals surface area contributed by atoms with Crippen LogP contribution in [0.25, 0.3) is 0 Å². The lowest BCUT2D eigenvalue weighted by molar-refractivity contribution is 0.527. The molecule has 0 bridgehead atoms. The van der Waals surface area contributed by atoms with Crippen molar-refractivity contribution < 1.29 is 4.80 Å². The first-order valence-electron chi connectivity index (χ1n) is 10.0. The van der Waals surface area contributed by atoms with Crippen molar-refractivity contribution in [3.8, 4) is 0 Å². The lowest BCUT2D eigenvalue weighted by atomic mass is 10.0. The average molecular weight is 315 g/mol. The smallest absolute Gasteiger partial charge is 0.156 e. The maximum absolute atomic E-state index is 8.83. The van der Waals surface area contributed by atoms with E-state index in [0.29, 0.717) is 0 Å². The maximum Gasteiger partial charge on any atom is 0.156 e. The molecule has 0 atom stereocenters. The van der Waals surface area contributed by atoms with Gasteiger partial charge < -0.3 is 4.80 Å². The van der Waals surface area contributed by atoms with E-state index in [1.165, 1.54) is 109 Å². The van der Waals surface area contributed by atoms with Crippen molar-refractivity contribution in [3.63, 3.8) is 0 Å². The molecule has 0 amide bonds. The molecule has 0 aliphatic carbocycles. The van der Waals surface area contributed by atoms with Gasteiger partial charge in [-0.1, -0.05) is 116 Å². The molecular weight excluding hydrogens is 272 g/mol. The Morgan fingerprint density at radius 1 is 0.476 bits per heavy atom. The second kappa shape index (κ2) is 20.2. The molecule has 0 saturated heterocycles. The summed E-state index contributed by atoms with van der Waals surface area (Å²) in [7, 11) is -0.652. The maximum atomic E-state index is 8.83. The highest BCUT2D eigenvalue weighted by Gasteiger charge is 1.94. The molecule has 21 heavy (non-hydrogen) atoms. The van der Waals surface area contributed by atoms with Crippen molar-refractivity contribution in [1.29, 1.82) is 0 Å². The van der Waals surface area contributed by atoms with Crippen molar-refractivity contribution >= 4 is 9.76 Å². The van der Waals surface area contributed by atoms with Gasteiger partial charge in [-0.25, -0.2) is 0 Å². The van der Waals surface area contributed by atoms with Gasteiger partial charge in [0.05, 0.1) is 0 Å². The minimum Gasteiger partial charge on any atom is -0.438 e. The first kappa shape index (κ1) is 21.2. The summed E-state index contributed by atoms with van der Waals surface area (Å²) in [4.78, 5) is 8.83. The summed E-state index contributed by atoms with van der Waals surface area (Å²) < 4.78 is 0. The van der Waals surface area contributed by atoms with Gasteiger partial charge in [-0.15, -0.1) is 0 Å². The molecule has 0 spiro atoms. The van der Waals surface area contributed by atoms with Gasteiger partial charge in [0.1, 0.15) is 0 Å². The predicted molar refractivity (Wildman–Crippen MR) is 99.7 cm³/mol. The highest BCUT2D eigenvalue weighted by molar-refractivity contribution is 6.25. The second-order valence-electron chi connectivity index (χ2n) is 6.73. The van der Waals surface area contributed by atoms with E-state index in [-0.39, 0.29) is 0 Å². The normalized spacial score (nSPS) is 11.7. The van der Waals surface area contributed by atoms with Gasteiger partial charge in [0.2, 0.25) is 0 Å². The van der Waals surface area contributed by atoms with E-state index in [4.69, 9.17) is 4.80 Å². The minimum absolute atomic E-state index is 0.652. The summed E-state index contributed by atoms with van der Waals surface area (Å²) in [5.74, 6) is 0. The molecule has 0 aromatic carbocycles. The van der Waals surface area contributed by atoms with Crippen LogP contribution in [0, 0.1) is 0 Å². The molecule has 128 valence electrons. The summed E-state index contributed by atoms with van der Waals surface area (Å²) in [6, 6.07) is 1.14. The Hall–Kier alpha value is 0.177. The quantitative estimate of drug-likeness (QED) is 0.238. The summed E-state index contributed by atoms with van der Waals surface area (Å²) >= 11 is 0. The lowest BCUT2D eigenvalue weighted by Gasteiger charge is -2.03. The van der Waals surface area contributed by atoms with Crippen LogP contribution in [0.1, 0.15) is 116 Å². The highest BCUT2D eigenvalue weighted by atomic mass is 28.2. The highest BCUT2D eigenvalue weighted by Crippen LogP contribution is 2.14. The molecule has 0 aliphatic rings. The standard InChI is InChI=1S/C19H42OSi/c1-2-3-4-5-6-7-8-9-10-11-12-13-14-15-16-17-18-19-21-20/h20H,2-19,21H2,1H3. The topological polar surface area (TPSA) is 20.2 Å². The first-order valence-corrected chi connectivity index (χ1v) is 11.7. The number of hydrogen-bond donors (Lipinski definition) is 1. The molecule has 0 saturated carbocycles.